The zero-order chi connectivity index (χ0) is 20.1. The Morgan fingerprint density at radius 1 is 1.24 bits per heavy atom. The highest BCUT2D eigenvalue weighted by Gasteiger charge is 2.28. The molecule has 0 saturated carbocycles. The van der Waals surface area contributed by atoms with Gasteiger partial charge in [-0.1, -0.05) is 0 Å². The van der Waals surface area contributed by atoms with Crippen LogP contribution in [0.5, 0.6) is 0 Å². The third-order valence-corrected chi connectivity index (χ3v) is 5.25. The molecule has 1 aliphatic rings. The summed E-state index contributed by atoms with van der Waals surface area (Å²) in [7, 11) is 1.85. The largest absolute Gasteiger partial charge is 0.441 e. The van der Waals surface area contributed by atoms with E-state index in [1.54, 1.807) is 17.1 Å². The van der Waals surface area contributed by atoms with E-state index in [1.165, 1.54) is 0 Å². The van der Waals surface area contributed by atoms with Crippen LogP contribution in [0.15, 0.2) is 35.0 Å². The fourth-order valence-electron chi connectivity index (χ4n) is 3.89. The van der Waals surface area contributed by atoms with Gasteiger partial charge in [-0.2, -0.15) is 5.10 Å². The van der Waals surface area contributed by atoms with Gasteiger partial charge in [-0.15, -0.1) is 0 Å². The number of hydrogen-bond acceptors (Lipinski definition) is 6. The predicted octanol–water partition coefficient (Wildman–Crippen LogP) is 2.83. The van der Waals surface area contributed by atoms with Crippen molar-refractivity contribution in [2.75, 3.05) is 6.54 Å². The second kappa shape index (κ2) is 6.51. The highest BCUT2D eigenvalue weighted by Crippen LogP contribution is 2.28. The number of oxazole rings is 1. The van der Waals surface area contributed by atoms with Gasteiger partial charge in [0.05, 0.1) is 28.8 Å². The number of rotatable bonds is 2. The lowest BCUT2D eigenvalue weighted by atomic mass is 10.1. The van der Waals surface area contributed by atoms with Crippen molar-refractivity contribution in [3.63, 3.8) is 0 Å². The van der Waals surface area contributed by atoms with Crippen molar-refractivity contribution in [1.82, 2.24) is 29.6 Å². The minimum absolute atomic E-state index is 0.0341. The Morgan fingerprint density at radius 3 is 2.90 bits per heavy atom. The molecule has 5 rings (SSSR count). The van der Waals surface area contributed by atoms with Crippen LogP contribution in [0.4, 0.5) is 0 Å². The number of carbonyl (C=O) groups is 1. The number of carbonyl (C=O) groups excluding carboxylic acids is 1. The summed E-state index contributed by atoms with van der Waals surface area (Å²) in [5, 5.41) is 5.25. The first-order chi connectivity index (χ1) is 14.0. The van der Waals surface area contributed by atoms with Gasteiger partial charge in [0.15, 0.2) is 5.65 Å². The number of amides is 1. The molecule has 0 N–H and O–H groups in total. The molecule has 1 aliphatic heterocycles. The molecule has 4 aromatic heterocycles. The summed E-state index contributed by atoms with van der Waals surface area (Å²) in [4.78, 5) is 28.5. The Labute approximate surface area is 167 Å². The van der Waals surface area contributed by atoms with Gasteiger partial charge in [-0.25, -0.2) is 9.97 Å². The minimum Gasteiger partial charge on any atom is -0.441 e. The molecule has 0 unspecified atom stereocenters. The zero-order valence-corrected chi connectivity index (χ0v) is 16.5. The topological polar surface area (TPSA) is 89.9 Å². The molecule has 0 radical (unpaired) electrons. The van der Waals surface area contributed by atoms with E-state index in [2.05, 4.69) is 20.1 Å². The summed E-state index contributed by atoms with van der Waals surface area (Å²) < 4.78 is 7.65. The lowest BCUT2D eigenvalue weighted by Crippen LogP contribution is -2.36. The molecule has 4 aromatic rings. The van der Waals surface area contributed by atoms with Crippen molar-refractivity contribution in [2.24, 2.45) is 7.05 Å². The summed E-state index contributed by atoms with van der Waals surface area (Å²) in [6, 6.07) is 5.61. The normalized spacial score (nSPS) is 13.7. The third-order valence-electron chi connectivity index (χ3n) is 5.25. The molecule has 0 spiro atoms. The van der Waals surface area contributed by atoms with Gasteiger partial charge in [-0.3, -0.25) is 14.5 Å². The quantitative estimate of drug-likeness (QED) is 0.525. The fourth-order valence-corrected chi connectivity index (χ4v) is 3.89. The predicted molar refractivity (Wildman–Crippen MR) is 106 cm³/mol. The number of aryl methyl sites for hydroxylation is 3. The Morgan fingerprint density at radius 2 is 2.10 bits per heavy atom. The van der Waals surface area contributed by atoms with E-state index in [-0.39, 0.29) is 5.91 Å². The summed E-state index contributed by atoms with van der Waals surface area (Å²) in [6.45, 7) is 4.79. The lowest BCUT2D eigenvalue weighted by Gasteiger charge is -2.25. The van der Waals surface area contributed by atoms with Crippen LogP contribution < -0.4 is 0 Å². The van der Waals surface area contributed by atoms with E-state index < -0.39 is 0 Å². The number of fused-ring (bicyclic) bond motifs is 2. The molecule has 146 valence electrons. The second-order valence-corrected chi connectivity index (χ2v) is 7.33. The van der Waals surface area contributed by atoms with Crippen molar-refractivity contribution in [3.05, 3.63) is 59.0 Å². The first kappa shape index (κ1) is 17.5. The summed E-state index contributed by atoms with van der Waals surface area (Å²) >= 11 is 0. The van der Waals surface area contributed by atoms with Crippen molar-refractivity contribution in [1.29, 1.82) is 0 Å². The molecule has 1 amide bonds. The molecule has 0 fully saturated rings. The van der Waals surface area contributed by atoms with E-state index in [0.29, 0.717) is 31.0 Å². The summed E-state index contributed by atoms with van der Waals surface area (Å²) in [5.74, 6) is 1.34. The van der Waals surface area contributed by atoms with Crippen molar-refractivity contribution >= 4 is 16.9 Å². The molecular weight excluding hydrogens is 368 g/mol. The Kier molecular flexibility index (Phi) is 3.94. The van der Waals surface area contributed by atoms with Crippen LogP contribution in [-0.4, -0.2) is 42.1 Å². The van der Waals surface area contributed by atoms with Crippen LogP contribution in [0.1, 0.15) is 33.2 Å². The van der Waals surface area contributed by atoms with E-state index in [4.69, 9.17) is 4.42 Å². The van der Waals surface area contributed by atoms with Crippen LogP contribution >= 0.6 is 0 Å². The Bertz CT molecular complexity index is 1240. The number of pyridine rings is 2. The molecule has 29 heavy (non-hydrogen) atoms. The molecule has 0 bridgehead atoms. The van der Waals surface area contributed by atoms with E-state index in [1.807, 2.05) is 44.0 Å². The monoisotopic (exact) mass is 388 g/mol. The van der Waals surface area contributed by atoms with E-state index in [0.717, 1.165) is 39.4 Å². The van der Waals surface area contributed by atoms with Gasteiger partial charge in [-0.05, 0) is 32.0 Å². The maximum Gasteiger partial charge on any atom is 0.255 e. The highest BCUT2D eigenvalue weighted by molar-refractivity contribution is 6.06. The van der Waals surface area contributed by atoms with Gasteiger partial charge in [0.25, 0.3) is 5.91 Å². The van der Waals surface area contributed by atoms with E-state index in [9.17, 15) is 4.79 Å². The zero-order valence-electron chi connectivity index (χ0n) is 16.5. The number of aromatic nitrogens is 5. The average molecular weight is 388 g/mol. The third kappa shape index (κ3) is 2.88. The summed E-state index contributed by atoms with van der Waals surface area (Å²) in [6.07, 6.45) is 4.07. The molecule has 0 atom stereocenters. The van der Waals surface area contributed by atoms with Crippen LogP contribution in [0.25, 0.3) is 22.5 Å². The minimum atomic E-state index is -0.0341. The number of hydrogen-bond donors (Lipinski definition) is 0. The van der Waals surface area contributed by atoms with Gasteiger partial charge < -0.3 is 9.32 Å². The lowest BCUT2D eigenvalue weighted by molar-refractivity contribution is 0.0729. The maximum absolute atomic E-state index is 13.4. The molecule has 8 heteroatoms. The average Bonchev–Trinajstić information content (AvgIpc) is 3.28. The van der Waals surface area contributed by atoms with Gasteiger partial charge in [0.2, 0.25) is 5.89 Å². The van der Waals surface area contributed by atoms with E-state index >= 15 is 0 Å². The molecular formula is C21H20N6O2. The Balaban J connectivity index is 1.49. The SMILES string of the molecule is Cc1cc(C(=O)N2CCc3oc(-c4cccnc4)nc3C2)c2c(C)nn(C)c2n1. The maximum atomic E-state index is 13.4. The first-order valence-electron chi connectivity index (χ1n) is 9.50. The smallest absolute Gasteiger partial charge is 0.255 e. The molecule has 5 heterocycles. The highest BCUT2D eigenvalue weighted by atomic mass is 16.4. The van der Waals surface area contributed by atoms with Crippen LogP contribution in [-0.2, 0) is 20.0 Å². The van der Waals surface area contributed by atoms with Crippen LogP contribution in [0.2, 0.25) is 0 Å². The molecule has 8 nitrogen and oxygen atoms in total. The number of nitrogens with zero attached hydrogens (tertiary/aromatic N) is 6. The van der Waals surface area contributed by atoms with Crippen molar-refractivity contribution in [2.45, 2.75) is 26.8 Å². The standard InChI is InChI=1S/C21H20N6O2/c1-12-9-15(18-13(2)25-26(3)19(18)23-12)21(28)27-8-6-17-16(11-27)24-20(29-17)14-5-4-7-22-10-14/h4-5,7,9-10H,6,8,11H2,1-3H3. The van der Waals surface area contributed by atoms with Gasteiger partial charge >= 0.3 is 0 Å². The Hall–Kier alpha value is -3.55. The summed E-state index contributed by atoms with van der Waals surface area (Å²) in [5.41, 5.74) is 4.59. The first-order valence-corrected chi connectivity index (χ1v) is 9.50. The fraction of sp³-hybridized carbons (Fsp3) is 0.286. The van der Waals surface area contributed by atoms with Crippen molar-refractivity contribution < 1.29 is 9.21 Å². The molecule has 0 aromatic carbocycles. The second-order valence-electron chi connectivity index (χ2n) is 7.33. The molecule has 0 saturated heterocycles. The van der Waals surface area contributed by atoms with Crippen LogP contribution in [0.3, 0.4) is 0 Å². The van der Waals surface area contributed by atoms with Gasteiger partial charge in [0.1, 0.15) is 11.5 Å². The van der Waals surface area contributed by atoms with Crippen LogP contribution in [0, 0.1) is 13.8 Å². The van der Waals surface area contributed by atoms with Crippen molar-refractivity contribution in [3.8, 4) is 11.5 Å². The molecule has 0 aliphatic carbocycles. The van der Waals surface area contributed by atoms with Gasteiger partial charge in [0, 0.05) is 38.1 Å².